The molecule has 5 nitrogen and oxygen atoms in total. The number of nitrogens with zero attached hydrogens (tertiary/aromatic N) is 3. The summed E-state index contributed by atoms with van der Waals surface area (Å²) in [5.74, 6) is 0.492. The third-order valence-electron chi connectivity index (χ3n) is 2.61. The van der Waals surface area contributed by atoms with Crippen LogP contribution in [0.1, 0.15) is 11.4 Å². The Hall–Kier alpha value is -1.95. The lowest BCUT2D eigenvalue weighted by Gasteiger charge is -2.11. The predicted octanol–water partition coefficient (Wildman–Crippen LogP) is 1.03. The number of hydrogen-bond donors (Lipinski definition) is 1. The Labute approximate surface area is 104 Å². The van der Waals surface area contributed by atoms with Crippen LogP contribution in [0.3, 0.4) is 0 Å². The molecule has 0 bridgehead atoms. The highest BCUT2D eigenvalue weighted by Crippen LogP contribution is 2.23. The van der Waals surface area contributed by atoms with E-state index in [2.05, 4.69) is 10.1 Å². The highest BCUT2D eigenvalue weighted by molar-refractivity contribution is 5.35. The average Bonchev–Trinajstić information content (AvgIpc) is 2.75. The maximum Gasteiger partial charge on any atom is 0.165 e. The largest absolute Gasteiger partial charge is 0.482 e. The fourth-order valence-electron chi connectivity index (χ4n) is 1.66. The van der Waals surface area contributed by atoms with Crippen molar-refractivity contribution < 1.29 is 9.13 Å². The SMILES string of the molecule is Cn1ncnc1COc1c(F)cccc1CCN. The van der Waals surface area contributed by atoms with Crippen LogP contribution in [0.4, 0.5) is 4.39 Å². The van der Waals surface area contributed by atoms with Crippen LogP contribution in [0.5, 0.6) is 5.75 Å². The first-order valence-corrected chi connectivity index (χ1v) is 5.65. The molecule has 2 rings (SSSR count). The van der Waals surface area contributed by atoms with Crippen molar-refractivity contribution in [3.05, 3.63) is 41.7 Å². The van der Waals surface area contributed by atoms with Gasteiger partial charge in [0.1, 0.15) is 12.9 Å². The summed E-state index contributed by atoms with van der Waals surface area (Å²) in [6.45, 7) is 0.624. The van der Waals surface area contributed by atoms with E-state index in [1.165, 1.54) is 12.4 Å². The molecule has 1 heterocycles. The van der Waals surface area contributed by atoms with Crippen molar-refractivity contribution in [1.82, 2.24) is 14.8 Å². The van der Waals surface area contributed by atoms with Gasteiger partial charge in [-0.15, -0.1) is 0 Å². The van der Waals surface area contributed by atoms with Crippen molar-refractivity contribution in [2.75, 3.05) is 6.54 Å². The number of benzene rings is 1. The third kappa shape index (κ3) is 2.65. The van der Waals surface area contributed by atoms with Crippen LogP contribution in [0.25, 0.3) is 0 Å². The Kier molecular flexibility index (Phi) is 3.88. The normalized spacial score (nSPS) is 10.6. The molecule has 96 valence electrons. The molecule has 0 amide bonds. The Morgan fingerprint density at radius 1 is 1.44 bits per heavy atom. The zero-order valence-electron chi connectivity index (χ0n) is 10.1. The minimum Gasteiger partial charge on any atom is -0.482 e. The molecule has 0 radical (unpaired) electrons. The number of aryl methyl sites for hydroxylation is 1. The van der Waals surface area contributed by atoms with Gasteiger partial charge < -0.3 is 10.5 Å². The van der Waals surface area contributed by atoms with Crippen molar-refractivity contribution in [2.24, 2.45) is 12.8 Å². The number of aromatic nitrogens is 3. The zero-order valence-corrected chi connectivity index (χ0v) is 10.1. The second-order valence-electron chi connectivity index (χ2n) is 3.86. The van der Waals surface area contributed by atoms with Gasteiger partial charge in [-0.3, -0.25) is 4.68 Å². The van der Waals surface area contributed by atoms with Crippen LogP contribution in [0.15, 0.2) is 24.5 Å². The van der Waals surface area contributed by atoms with Crippen molar-refractivity contribution in [3.8, 4) is 5.75 Å². The maximum atomic E-state index is 13.7. The molecule has 18 heavy (non-hydrogen) atoms. The number of hydrogen-bond acceptors (Lipinski definition) is 4. The van der Waals surface area contributed by atoms with Gasteiger partial charge in [0.2, 0.25) is 0 Å². The van der Waals surface area contributed by atoms with Crippen LogP contribution < -0.4 is 10.5 Å². The third-order valence-corrected chi connectivity index (χ3v) is 2.61. The Morgan fingerprint density at radius 2 is 2.28 bits per heavy atom. The molecule has 2 N–H and O–H groups in total. The molecular formula is C12H15FN4O. The summed E-state index contributed by atoms with van der Waals surface area (Å²) in [6.07, 6.45) is 2.01. The lowest BCUT2D eigenvalue weighted by Crippen LogP contribution is -2.09. The second-order valence-corrected chi connectivity index (χ2v) is 3.86. The van der Waals surface area contributed by atoms with Crippen LogP contribution in [0, 0.1) is 5.82 Å². The van der Waals surface area contributed by atoms with E-state index in [1.807, 2.05) is 6.07 Å². The first-order valence-electron chi connectivity index (χ1n) is 5.65. The Balaban J connectivity index is 2.15. The number of para-hydroxylation sites is 1. The molecule has 1 aromatic heterocycles. The monoisotopic (exact) mass is 250 g/mol. The Bertz CT molecular complexity index is 527. The van der Waals surface area contributed by atoms with Gasteiger partial charge in [0, 0.05) is 7.05 Å². The van der Waals surface area contributed by atoms with E-state index in [1.54, 1.807) is 17.8 Å². The van der Waals surface area contributed by atoms with E-state index in [0.717, 1.165) is 5.56 Å². The maximum absolute atomic E-state index is 13.7. The van der Waals surface area contributed by atoms with E-state index in [4.69, 9.17) is 10.5 Å². The van der Waals surface area contributed by atoms with Crippen LogP contribution in [-0.4, -0.2) is 21.3 Å². The van der Waals surface area contributed by atoms with Gasteiger partial charge in [-0.05, 0) is 24.6 Å². The summed E-state index contributed by atoms with van der Waals surface area (Å²) in [7, 11) is 1.76. The lowest BCUT2D eigenvalue weighted by molar-refractivity contribution is 0.272. The summed E-state index contributed by atoms with van der Waals surface area (Å²) in [6, 6.07) is 4.82. The van der Waals surface area contributed by atoms with E-state index < -0.39 is 0 Å². The molecule has 0 saturated heterocycles. The summed E-state index contributed by atoms with van der Waals surface area (Å²) in [5.41, 5.74) is 6.25. The number of ether oxygens (including phenoxy) is 1. The fourth-order valence-corrected chi connectivity index (χ4v) is 1.66. The van der Waals surface area contributed by atoms with Crippen LogP contribution >= 0.6 is 0 Å². The van der Waals surface area contributed by atoms with E-state index >= 15 is 0 Å². The summed E-state index contributed by atoms with van der Waals surface area (Å²) < 4.78 is 20.8. The van der Waals surface area contributed by atoms with Gasteiger partial charge in [0.25, 0.3) is 0 Å². The van der Waals surface area contributed by atoms with E-state index in [0.29, 0.717) is 18.8 Å². The first kappa shape index (κ1) is 12.5. The second kappa shape index (κ2) is 5.59. The van der Waals surface area contributed by atoms with Gasteiger partial charge in [-0.25, -0.2) is 9.37 Å². The molecule has 0 aliphatic rings. The van der Waals surface area contributed by atoms with E-state index in [-0.39, 0.29) is 18.2 Å². The molecule has 0 spiro atoms. The summed E-state index contributed by atoms with van der Waals surface area (Å²) in [5, 5.41) is 3.92. The number of rotatable bonds is 5. The highest BCUT2D eigenvalue weighted by atomic mass is 19.1. The van der Waals surface area contributed by atoms with Crippen LogP contribution in [-0.2, 0) is 20.1 Å². The summed E-state index contributed by atoms with van der Waals surface area (Å²) >= 11 is 0. The van der Waals surface area contributed by atoms with E-state index in [9.17, 15) is 4.39 Å². The average molecular weight is 250 g/mol. The van der Waals surface area contributed by atoms with Crippen LogP contribution in [0.2, 0.25) is 0 Å². The molecule has 1 aromatic carbocycles. The molecule has 0 saturated carbocycles. The Morgan fingerprint density at radius 3 is 2.94 bits per heavy atom. The van der Waals surface area contributed by atoms with Gasteiger partial charge in [0.05, 0.1) is 0 Å². The zero-order chi connectivity index (χ0) is 13.0. The highest BCUT2D eigenvalue weighted by Gasteiger charge is 2.10. The predicted molar refractivity (Wildman–Crippen MR) is 64.5 cm³/mol. The van der Waals surface area contributed by atoms with Gasteiger partial charge in [0.15, 0.2) is 17.4 Å². The van der Waals surface area contributed by atoms with Crippen molar-refractivity contribution in [3.63, 3.8) is 0 Å². The smallest absolute Gasteiger partial charge is 0.165 e. The molecule has 0 aliphatic heterocycles. The van der Waals surface area contributed by atoms with Gasteiger partial charge >= 0.3 is 0 Å². The molecule has 0 atom stereocenters. The topological polar surface area (TPSA) is 66.0 Å². The fraction of sp³-hybridized carbons (Fsp3) is 0.333. The molecule has 6 heteroatoms. The number of halogens is 1. The first-order chi connectivity index (χ1) is 8.72. The standard InChI is InChI=1S/C12H15FN4O/c1-17-11(15-8-16-17)7-18-12-9(5-6-14)3-2-4-10(12)13/h2-4,8H,5-7,14H2,1H3. The molecular weight excluding hydrogens is 235 g/mol. The lowest BCUT2D eigenvalue weighted by atomic mass is 10.1. The molecule has 0 aliphatic carbocycles. The quantitative estimate of drug-likeness (QED) is 0.861. The van der Waals surface area contributed by atoms with Gasteiger partial charge in [-0.1, -0.05) is 12.1 Å². The molecule has 2 aromatic rings. The number of nitrogens with two attached hydrogens (primary N) is 1. The minimum absolute atomic E-state index is 0.176. The summed E-state index contributed by atoms with van der Waals surface area (Å²) in [4.78, 5) is 4.02. The minimum atomic E-state index is -0.386. The van der Waals surface area contributed by atoms with Crippen molar-refractivity contribution >= 4 is 0 Å². The molecule has 0 unspecified atom stereocenters. The van der Waals surface area contributed by atoms with Gasteiger partial charge in [-0.2, -0.15) is 5.10 Å². The van der Waals surface area contributed by atoms with Crippen molar-refractivity contribution in [2.45, 2.75) is 13.0 Å². The van der Waals surface area contributed by atoms with Crippen molar-refractivity contribution in [1.29, 1.82) is 0 Å². The molecule has 0 fully saturated rings.